The highest BCUT2D eigenvalue weighted by atomic mass is 32.1. The molecule has 2 aromatic heterocycles. The molecule has 16 heavy (non-hydrogen) atoms. The van der Waals surface area contributed by atoms with Gasteiger partial charge < -0.3 is 5.32 Å². The van der Waals surface area contributed by atoms with Gasteiger partial charge in [0.25, 0.3) is 0 Å². The van der Waals surface area contributed by atoms with E-state index in [4.69, 9.17) is 0 Å². The van der Waals surface area contributed by atoms with Crippen molar-refractivity contribution in [3.63, 3.8) is 0 Å². The largest absolute Gasteiger partial charge is 0.356 e. The van der Waals surface area contributed by atoms with Gasteiger partial charge in [0.15, 0.2) is 0 Å². The number of nitrogens with one attached hydrogen (secondary N) is 1. The maximum absolute atomic E-state index is 4.37. The van der Waals surface area contributed by atoms with Gasteiger partial charge in [0.05, 0.1) is 5.69 Å². The van der Waals surface area contributed by atoms with E-state index in [9.17, 15) is 0 Å². The zero-order valence-corrected chi connectivity index (χ0v) is 9.53. The number of aromatic nitrogens is 3. The summed E-state index contributed by atoms with van der Waals surface area (Å²) in [4.78, 5) is 5.24. The van der Waals surface area contributed by atoms with Crippen LogP contribution in [0.2, 0.25) is 0 Å². The highest BCUT2D eigenvalue weighted by Crippen LogP contribution is 2.25. The summed E-state index contributed by atoms with van der Waals surface area (Å²) >= 11 is 1.59. The van der Waals surface area contributed by atoms with Gasteiger partial charge >= 0.3 is 0 Å². The third-order valence-electron chi connectivity index (χ3n) is 2.37. The quantitative estimate of drug-likeness (QED) is 0.735. The van der Waals surface area contributed by atoms with Crippen LogP contribution in [0.15, 0.2) is 35.7 Å². The molecule has 3 rings (SSSR count). The van der Waals surface area contributed by atoms with Crippen LogP contribution in [0.5, 0.6) is 0 Å². The first kappa shape index (κ1) is 9.35. The minimum atomic E-state index is 0.657. The van der Waals surface area contributed by atoms with Crippen molar-refractivity contribution in [2.75, 3.05) is 12.4 Å². The molecule has 0 saturated heterocycles. The molecule has 1 N–H and O–H groups in total. The van der Waals surface area contributed by atoms with E-state index >= 15 is 0 Å². The summed E-state index contributed by atoms with van der Waals surface area (Å²) in [7, 11) is 1.82. The Morgan fingerprint density at radius 2 is 2.06 bits per heavy atom. The van der Waals surface area contributed by atoms with E-state index in [1.165, 1.54) is 0 Å². The van der Waals surface area contributed by atoms with Crippen molar-refractivity contribution < 1.29 is 0 Å². The van der Waals surface area contributed by atoms with E-state index in [0.717, 1.165) is 16.2 Å². The first-order valence-electron chi connectivity index (χ1n) is 4.96. The molecular formula is C11H10N4S. The van der Waals surface area contributed by atoms with Crippen LogP contribution in [0.4, 0.5) is 5.95 Å². The molecule has 0 aliphatic rings. The minimum Gasteiger partial charge on any atom is -0.356 e. The van der Waals surface area contributed by atoms with Gasteiger partial charge in [0.1, 0.15) is 0 Å². The number of benzene rings is 1. The lowest BCUT2D eigenvalue weighted by molar-refractivity contribution is 0.986. The average molecular weight is 230 g/mol. The van der Waals surface area contributed by atoms with Gasteiger partial charge in [-0.15, -0.1) is 16.4 Å². The molecule has 0 radical (unpaired) electrons. The Morgan fingerprint density at radius 3 is 2.81 bits per heavy atom. The Kier molecular flexibility index (Phi) is 2.11. The fourth-order valence-electron chi connectivity index (χ4n) is 1.59. The summed E-state index contributed by atoms with van der Waals surface area (Å²) in [5.74, 6) is 0.657. The summed E-state index contributed by atoms with van der Waals surface area (Å²) in [6, 6.07) is 10.2. The lowest BCUT2D eigenvalue weighted by Crippen LogP contribution is -1.92. The normalized spacial score (nSPS) is 10.8. The third-order valence-corrected chi connectivity index (χ3v) is 3.19. The van der Waals surface area contributed by atoms with E-state index in [1.54, 1.807) is 11.3 Å². The van der Waals surface area contributed by atoms with Crippen LogP contribution in [-0.4, -0.2) is 21.6 Å². The van der Waals surface area contributed by atoms with Crippen LogP contribution < -0.4 is 5.32 Å². The van der Waals surface area contributed by atoms with Crippen molar-refractivity contribution in [2.45, 2.75) is 0 Å². The molecule has 3 aromatic rings. The first-order valence-corrected chi connectivity index (χ1v) is 5.84. The smallest absolute Gasteiger partial charge is 0.243 e. The molecular weight excluding hydrogens is 220 g/mol. The van der Waals surface area contributed by atoms with Crippen molar-refractivity contribution in [3.8, 4) is 11.3 Å². The number of anilines is 1. The van der Waals surface area contributed by atoms with Gasteiger partial charge in [-0.3, -0.25) is 0 Å². The maximum atomic E-state index is 4.37. The summed E-state index contributed by atoms with van der Waals surface area (Å²) in [5, 5.41) is 9.39. The lowest BCUT2D eigenvalue weighted by Gasteiger charge is -1.96. The van der Waals surface area contributed by atoms with E-state index in [2.05, 4.69) is 32.9 Å². The van der Waals surface area contributed by atoms with Crippen molar-refractivity contribution >= 4 is 22.2 Å². The summed E-state index contributed by atoms with van der Waals surface area (Å²) in [5.41, 5.74) is 2.23. The SMILES string of the molecule is CNc1nc2scc(-c3ccccc3)n2n1. The van der Waals surface area contributed by atoms with E-state index < -0.39 is 0 Å². The van der Waals surface area contributed by atoms with Crippen molar-refractivity contribution in [2.24, 2.45) is 0 Å². The molecule has 5 heteroatoms. The predicted molar refractivity (Wildman–Crippen MR) is 65.8 cm³/mol. The molecule has 2 heterocycles. The summed E-state index contributed by atoms with van der Waals surface area (Å²) in [6.45, 7) is 0. The van der Waals surface area contributed by atoms with Crippen LogP contribution >= 0.6 is 11.3 Å². The van der Waals surface area contributed by atoms with Gasteiger partial charge in [-0.05, 0) is 0 Å². The number of hydrogen-bond acceptors (Lipinski definition) is 4. The molecule has 80 valence electrons. The second-order valence-corrected chi connectivity index (χ2v) is 4.20. The Labute approximate surface area is 96.6 Å². The molecule has 0 fully saturated rings. The van der Waals surface area contributed by atoms with Gasteiger partial charge in [0, 0.05) is 18.0 Å². The lowest BCUT2D eigenvalue weighted by atomic mass is 10.2. The first-order chi connectivity index (χ1) is 7.88. The van der Waals surface area contributed by atoms with Crippen LogP contribution in [0.25, 0.3) is 16.2 Å². The summed E-state index contributed by atoms with van der Waals surface area (Å²) < 4.78 is 1.87. The zero-order chi connectivity index (χ0) is 11.0. The van der Waals surface area contributed by atoms with Crippen LogP contribution in [0, 0.1) is 0 Å². The topological polar surface area (TPSA) is 42.2 Å². The monoisotopic (exact) mass is 230 g/mol. The van der Waals surface area contributed by atoms with Gasteiger partial charge in [-0.2, -0.15) is 4.98 Å². The van der Waals surface area contributed by atoms with Gasteiger partial charge in [-0.1, -0.05) is 30.3 Å². The standard InChI is InChI=1S/C11H10N4S/c1-12-10-13-11-15(14-10)9(7-16-11)8-5-3-2-4-6-8/h2-7H,1H3,(H,12,14). The Bertz CT molecular complexity index is 611. The van der Waals surface area contributed by atoms with Crippen molar-refractivity contribution in [1.82, 2.24) is 14.6 Å². The molecule has 0 atom stereocenters. The van der Waals surface area contributed by atoms with E-state index in [-0.39, 0.29) is 0 Å². The fourth-order valence-corrected chi connectivity index (χ4v) is 2.43. The summed E-state index contributed by atoms with van der Waals surface area (Å²) in [6.07, 6.45) is 0. The third kappa shape index (κ3) is 1.37. The number of rotatable bonds is 2. The average Bonchev–Trinajstić information content (AvgIpc) is 2.88. The number of fused-ring (bicyclic) bond motifs is 1. The van der Waals surface area contributed by atoms with Crippen LogP contribution in [0.1, 0.15) is 0 Å². The molecule has 0 amide bonds. The second kappa shape index (κ2) is 3.61. The van der Waals surface area contributed by atoms with Crippen LogP contribution in [0.3, 0.4) is 0 Å². The highest BCUT2D eigenvalue weighted by Gasteiger charge is 2.09. The second-order valence-electron chi connectivity index (χ2n) is 3.37. The highest BCUT2D eigenvalue weighted by molar-refractivity contribution is 7.15. The molecule has 0 aliphatic carbocycles. The predicted octanol–water partition coefficient (Wildman–Crippen LogP) is 2.50. The number of hydrogen-bond donors (Lipinski definition) is 1. The molecule has 0 spiro atoms. The van der Waals surface area contributed by atoms with E-state index in [0.29, 0.717) is 5.95 Å². The zero-order valence-electron chi connectivity index (χ0n) is 8.71. The Balaban J connectivity index is 2.20. The fraction of sp³-hybridized carbons (Fsp3) is 0.0909. The van der Waals surface area contributed by atoms with Crippen LogP contribution in [-0.2, 0) is 0 Å². The Morgan fingerprint density at radius 1 is 1.25 bits per heavy atom. The van der Waals surface area contributed by atoms with Gasteiger partial charge in [0.2, 0.25) is 10.9 Å². The molecule has 4 nitrogen and oxygen atoms in total. The minimum absolute atomic E-state index is 0.657. The van der Waals surface area contributed by atoms with Gasteiger partial charge in [-0.25, -0.2) is 4.52 Å². The number of thiazole rings is 1. The molecule has 0 bridgehead atoms. The number of nitrogens with zero attached hydrogens (tertiary/aromatic N) is 3. The molecule has 0 unspecified atom stereocenters. The van der Waals surface area contributed by atoms with Crippen molar-refractivity contribution in [3.05, 3.63) is 35.7 Å². The Hall–Kier alpha value is -1.88. The molecule has 0 saturated carbocycles. The molecule has 0 aliphatic heterocycles. The van der Waals surface area contributed by atoms with Crippen molar-refractivity contribution in [1.29, 1.82) is 0 Å². The van der Waals surface area contributed by atoms with E-state index in [1.807, 2.05) is 29.8 Å². The maximum Gasteiger partial charge on any atom is 0.243 e. The molecule has 1 aromatic carbocycles.